The number of benzene rings is 1. The van der Waals surface area contributed by atoms with Crippen LogP contribution in [0.5, 0.6) is 0 Å². The lowest BCUT2D eigenvalue weighted by Gasteiger charge is -2.04. The molecule has 3 rings (SSSR count). The first-order chi connectivity index (χ1) is 9.24. The van der Waals surface area contributed by atoms with Crippen LogP contribution in [0.4, 0.5) is 4.39 Å². The van der Waals surface area contributed by atoms with Crippen molar-refractivity contribution in [3.63, 3.8) is 0 Å². The highest BCUT2D eigenvalue weighted by atomic mass is 32.2. The van der Waals surface area contributed by atoms with Crippen molar-refractivity contribution in [3.05, 3.63) is 54.2 Å². The summed E-state index contributed by atoms with van der Waals surface area (Å²) < 4.78 is 15.1. The highest BCUT2D eigenvalue weighted by molar-refractivity contribution is 7.98. The second-order valence-corrected chi connectivity index (χ2v) is 5.22. The molecule has 0 N–H and O–H groups in total. The van der Waals surface area contributed by atoms with Crippen LogP contribution in [0, 0.1) is 5.82 Å². The molecule has 5 heteroatoms. The zero-order valence-electron chi connectivity index (χ0n) is 10.4. The molecule has 0 aliphatic carbocycles. The van der Waals surface area contributed by atoms with Gasteiger partial charge in [0, 0.05) is 19.0 Å². The van der Waals surface area contributed by atoms with Gasteiger partial charge in [-0.2, -0.15) is 0 Å². The maximum absolute atomic E-state index is 13.1. The van der Waals surface area contributed by atoms with Crippen molar-refractivity contribution in [1.29, 1.82) is 0 Å². The van der Waals surface area contributed by atoms with Gasteiger partial charge in [0.1, 0.15) is 16.4 Å². The van der Waals surface area contributed by atoms with E-state index in [4.69, 9.17) is 0 Å². The van der Waals surface area contributed by atoms with Crippen LogP contribution < -0.4 is 0 Å². The number of imidazole rings is 1. The topological polar surface area (TPSA) is 30.7 Å². The van der Waals surface area contributed by atoms with Gasteiger partial charge in [0.2, 0.25) is 0 Å². The van der Waals surface area contributed by atoms with Gasteiger partial charge in [-0.05, 0) is 23.8 Å². The standard InChI is InChI=1S/C14H12FN3S/c1-18-9-17-12-5-6-16-14(13(12)18)19-8-10-3-2-4-11(15)7-10/h2-7,9H,8H2,1H3. The lowest BCUT2D eigenvalue weighted by Crippen LogP contribution is -1.90. The highest BCUT2D eigenvalue weighted by Gasteiger charge is 2.08. The number of fused-ring (bicyclic) bond motifs is 1. The summed E-state index contributed by atoms with van der Waals surface area (Å²) >= 11 is 1.59. The normalized spacial score (nSPS) is 11.1. The van der Waals surface area contributed by atoms with E-state index in [-0.39, 0.29) is 5.82 Å². The Balaban J connectivity index is 1.88. The van der Waals surface area contributed by atoms with Gasteiger partial charge in [-0.25, -0.2) is 14.4 Å². The third-order valence-corrected chi connectivity index (χ3v) is 3.91. The van der Waals surface area contributed by atoms with Gasteiger partial charge in [0.25, 0.3) is 0 Å². The van der Waals surface area contributed by atoms with Crippen molar-refractivity contribution in [1.82, 2.24) is 14.5 Å². The summed E-state index contributed by atoms with van der Waals surface area (Å²) in [5.41, 5.74) is 2.90. The zero-order valence-corrected chi connectivity index (χ0v) is 11.2. The summed E-state index contributed by atoms with van der Waals surface area (Å²) in [6.45, 7) is 0. The van der Waals surface area contributed by atoms with Gasteiger partial charge in [0.15, 0.2) is 0 Å². The van der Waals surface area contributed by atoms with Crippen LogP contribution in [0.25, 0.3) is 11.0 Å². The molecule has 0 fully saturated rings. The molecule has 0 aliphatic heterocycles. The summed E-state index contributed by atoms with van der Waals surface area (Å²) in [6.07, 6.45) is 3.53. The van der Waals surface area contributed by atoms with Gasteiger partial charge >= 0.3 is 0 Å². The van der Waals surface area contributed by atoms with E-state index < -0.39 is 0 Å². The molecule has 19 heavy (non-hydrogen) atoms. The van der Waals surface area contributed by atoms with Crippen LogP contribution in [0.15, 0.2) is 47.9 Å². The second kappa shape index (κ2) is 5.01. The fraction of sp³-hybridized carbons (Fsp3) is 0.143. The fourth-order valence-electron chi connectivity index (χ4n) is 1.95. The molecule has 2 aromatic heterocycles. The van der Waals surface area contributed by atoms with Gasteiger partial charge in [-0.3, -0.25) is 0 Å². The van der Waals surface area contributed by atoms with Gasteiger partial charge < -0.3 is 4.57 Å². The number of nitrogens with zero attached hydrogens (tertiary/aromatic N) is 3. The summed E-state index contributed by atoms with van der Waals surface area (Å²) in [6, 6.07) is 8.54. The zero-order chi connectivity index (χ0) is 13.2. The molecule has 0 aliphatic rings. The molecule has 2 heterocycles. The maximum atomic E-state index is 13.1. The van der Waals surface area contributed by atoms with Crippen LogP contribution in [-0.4, -0.2) is 14.5 Å². The second-order valence-electron chi connectivity index (χ2n) is 4.26. The lowest BCUT2D eigenvalue weighted by molar-refractivity contribution is 0.626. The minimum atomic E-state index is -0.204. The molecular formula is C14H12FN3S. The molecule has 0 atom stereocenters. The molecule has 0 bridgehead atoms. The molecule has 3 aromatic rings. The highest BCUT2D eigenvalue weighted by Crippen LogP contribution is 2.27. The van der Waals surface area contributed by atoms with E-state index in [1.54, 1.807) is 36.4 Å². The molecule has 0 amide bonds. The van der Waals surface area contributed by atoms with Gasteiger partial charge in [-0.1, -0.05) is 23.9 Å². The Morgan fingerprint density at radius 3 is 3.00 bits per heavy atom. The Morgan fingerprint density at radius 2 is 2.16 bits per heavy atom. The van der Waals surface area contributed by atoms with Crippen molar-refractivity contribution >= 4 is 22.8 Å². The van der Waals surface area contributed by atoms with Crippen molar-refractivity contribution in [2.75, 3.05) is 0 Å². The summed E-state index contributed by atoms with van der Waals surface area (Å²) in [7, 11) is 1.95. The van der Waals surface area contributed by atoms with Crippen LogP contribution >= 0.6 is 11.8 Å². The van der Waals surface area contributed by atoms with Crippen LogP contribution in [0.2, 0.25) is 0 Å². The first kappa shape index (κ1) is 12.2. The monoisotopic (exact) mass is 273 g/mol. The molecule has 0 unspecified atom stereocenters. The first-order valence-corrected chi connectivity index (χ1v) is 6.86. The van der Waals surface area contributed by atoms with Crippen molar-refractivity contribution in [2.24, 2.45) is 7.05 Å². The number of aromatic nitrogens is 3. The van der Waals surface area contributed by atoms with Gasteiger partial charge in [-0.15, -0.1) is 0 Å². The summed E-state index contributed by atoms with van der Waals surface area (Å²) in [5, 5.41) is 0.918. The molecule has 1 aromatic carbocycles. The lowest BCUT2D eigenvalue weighted by atomic mass is 10.2. The van der Waals surface area contributed by atoms with Crippen LogP contribution in [-0.2, 0) is 12.8 Å². The Kier molecular flexibility index (Phi) is 3.21. The van der Waals surface area contributed by atoms with Crippen molar-refractivity contribution in [2.45, 2.75) is 10.8 Å². The number of hydrogen-bond donors (Lipinski definition) is 0. The maximum Gasteiger partial charge on any atom is 0.123 e. The third-order valence-electron chi connectivity index (χ3n) is 2.86. The molecule has 0 spiro atoms. The van der Waals surface area contributed by atoms with E-state index >= 15 is 0 Å². The summed E-state index contributed by atoms with van der Waals surface area (Å²) in [5.74, 6) is 0.486. The predicted molar refractivity (Wildman–Crippen MR) is 74.5 cm³/mol. The third kappa shape index (κ3) is 2.46. The van der Waals surface area contributed by atoms with Crippen molar-refractivity contribution in [3.8, 4) is 0 Å². The smallest absolute Gasteiger partial charge is 0.123 e. The Hall–Kier alpha value is -1.88. The molecule has 0 radical (unpaired) electrons. The fourth-order valence-corrected chi connectivity index (χ4v) is 2.96. The van der Waals surface area contributed by atoms with Crippen LogP contribution in [0.1, 0.15) is 5.56 Å². The Bertz CT molecular complexity index is 724. The van der Waals surface area contributed by atoms with E-state index in [1.807, 2.05) is 23.7 Å². The quantitative estimate of drug-likeness (QED) is 0.685. The van der Waals surface area contributed by atoms with Gasteiger partial charge in [0.05, 0.1) is 11.8 Å². The average molecular weight is 273 g/mol. The van der Waals surface area contributed by atoms with Crippen LogP contribution in [0.3, 0.4) is 0 Å². The Labute approximate surface area is 114 Å². The molecule has 0 saturated carbocycles. The average Bonchev–Trinajstić information content (AvgIpc) is 2.79. The van der Waals surface area contributed by atoms with Crippen molar-refractivity contribution < 1.29 is 4.39 Å². The minimum Gasteiger partial charge on any atom is -0.332 e. The molecule has 96 valence electrons. The number of hydrogen-bond acceptors (Lipinski definition) is 3. The minimum absolute atomic E-state index is 0.204. The number of halogens is 1. The SMILES string of the molecule is Cn1cnc2ccnc(SCc3cccc(F)c3)c21. The number of aryl methyl sites for hydroxylation is 1. The predicted octanol–water partition coefficient (Wildman–Crippen LogP) is 3.40. The summed E-state index contributed by atoms with van der Waals surface area (Å²) in [4.78, 5) is 8.68. The molecular weight excluding hydrogens is 261 g/mol. The number of thioether (sulfide) groups is 1. The Morgan fingerprint density at radius 1 is 1.26 bits per heavy atom. The van der Waals surface area contributed by atoms with E-state index in [0.717, 1.165) is 21.6 Å². The largest absolute Gasteiger partial charge is 0.332 e. The molecule has 0 saturated heterocycles. The first-order valence-electron chi connectivity index (χ1n) is 5.87. The van der Waals surface area contributed by atoms with E-state index in [0.29, 0.717) is 5.75 Å². The molecule has 3 nitrogen and oxygen atoms in total. The number of rotatable bonds is 3. The van der Waals surface area contributed by atoms with E-state index in [9.17, 15) is 4.39 Å². The van der Waals surface area contributed by atoms with E-state index in [2.05, 4.69) is 9.97 Å². The number of pyridine rings is 1. The van der Waals surface area contributed by atoms with E-state index in [1.165, 1.54) is 6.07 Å².